The van der Waals surface area contributed by atoms with Crippen molar-refractivity contribution in [2.24, 2.45) is 11.7 Å². The van der Waals surface area contributed by atoms with E-state index in [0.717, 1.165) is 23.7 Å². The maximum absolute atomic E-state index is 12.2. The van der Waals surface area contributed by atoms with Gasteiger partial charge in [-0.15, -0.1) is 0 Å². The second-order valence-electron chi connectivity index (χ2n) is 5.93. The van der Waals surface area contributed by atoms with Crippen LogP contribution in [0.2, 0.25) is 0 Å². The van der Waals surface area contributed by atoms with E-state index < -0.39 is 10.0 Å². The first-order valence-corrected chi connectivity index (χ1v) is 9.44. The Bertz CT molecular complexity index is 734. The maximum atomic E-state index is 12.2. The Kier molecular flexibility index (Phi) is 5.79. The molecule has 1 aliphatic rings. The van der Waals surface area contributed by atoms with Gasteiger partial charge in [-0.1, -0.05) is 6.07 Å². The average molecular weight is 371 g/mol. The van der Waals surface area contributed by atoms with Crippen LogP contribution in [-0.4, -0.2) is 55.8 Å². The Hall–Kier alpha value is -1.71. The number of nitrogens with zero attached hydrogens (tertiary/aromatic N) is 2. The van der Waals surface area contributed by atoms with Gasteiger partial charge in [-0.25, -0.2) is 12.7 Å². The molecule has 9 heteroatoms. The van der Waals surface area contributed by atoms with Gasteiger partial charge in [0, 0.05) is 32.9 Å². The summed E-state index contributed by atoms with van der Waals surface area (Å²) in [6.07, 6.45) is 1.61. The van der Waals surface area contributed by atoms with Gasteiger partial charge in [0.1, 0.15) is 0 Å². The summed E-state index contributed by atoms with van der Waals surface area (Å²) >= 11 is 5.39. The monoisotopic (exact) mass is 370 g/mol. The third-order valence-electron chi connectivity index (χ3n) is 3.97. The minimum atomic E-state index is -3.50. The number of amides is 1. The van der Waals surface area contributed by atoms with E-state index in [1.165, 1.54) is 26.2 Å². The molecule has 7 nitrogen and oxygen atoms in total. The summed E-state index contributed by atoms with van der Waals surface area (Å²) in [5, 5.41) is 3.50. The first-order chi connectivity index (χ1) is 11.2. The topological polar surface area (TPSA) is 95.7 Å². The van der Waals surface area contributed by atoms with Crippen LogP contribution in [0.5, 0.6) is 0 Å². The van der Waals surface area contributed by atoms with Crippen LogP contribution in [0.3, 0.4) is 0 Å². The molecule has 24 heavy (non-hydrogen) atoms. The molecule has 0 aliphatic carbocycles. The van der Waals surface area contributed by atoms with Crippen molar-refractivity contribution >= 4 is 38.9 Å². The number of carbonyl (C=O) groups excluding carboxylic acids is 1. The van der Waals surface area contributed by atoms with E-state index in [9.17, 15) is 13.2 Å². The van der Waals surface area contributed by atoms with Crippen LogP contribution in [0.4, 0.5) is 5.69 Å². The van der Waals surface area contributed by atoms with E-state index in [4.69, 9.17) is 18.0 Å². The lowest BCUT2D eigenvalue weighted by Gasteiger charge is -2.33. The highest BCUT2D eigenvalue weighted by Crippen LogP contribution is 2.20. The predicted molar refractivity (Wildman–Crippen MR) is 97.0 cm³/mol. The Morgan fingerprint density at radius 3 is 2.75 bits per heavy atom. The smallest absolute Gasteiger partial charge is 0.242 e. The lowest BCUT2D eigenvalue weighted by Crippen LogP contribution is -2.45. The molecule has 1 aromatic rings. The minimum absolute atomic E-state index is 0.189. The number of hydrogen-bond acceptors (Lipinski definition) is 4. The number of benzene rings is 1. The van der Waals surface area contributed by atoms with E-state index in [0.29, 0.717) is 17.3 Å². The fourth-order valence-corrected chi connectivity index (χ4v) is 3.77. The van der Waals surface area contributed by atoms with Crippen molar-refractivity contribution in [1.29, 1.82) is 0 Å². The number of hydrogen-bond donors (Lipinski definition) is 2. The van der Waals surface area contributed by atoms with Crippen molar-refractivity contribution in [3.05, 3.63) is 24.3 Å². The van der Waals surface area contributed by atoms with Crippen molar-refractivity contribution in [3.63, 3.8) is 0 Å². The Morgan fingerprint density at radius 1 is 1.42 bits per heavy atom. The largest absolute Gasteiger partial charge is 0.369 e. The molecule has 0 saturated carbocycles. The molecular formula is C15H22N4O3S2. The SMILES string of the molecule is CN(C)S(=O)(=O)c1cccc(NC(=S)N2CCCC(C(N)=O)C2)c1. The van der Waals surface area contributed by atoms with Crippen molar-refractivity contribution in [2.75, 3.05) is 32.5 Å². The number of carbonyl (C=O) groups is 1. The van der Waals surface area contributed by atoms with Crippen molar-refractivity contribution < 1.29 is 13.2 Å². The van der Waals surface area contributed by atoms with Crippen LogP contribution in [0.25, 0.3) is 0 Å². The molecule has 0 bridgehead atoms. The zero-order valence-electron chi connectivity index (χ0n) is 13.7. The molecule has 1 fully saturated rings. The van der Waals surface area contributed by atoms with Crippen LogP contribution < -0.4 is 11.1 Å². The quantitative estimate of drug-likeness (QED) is 0.762. The Morgan fingerprint density at radius 2 is 2.12 bits per heavy atom. The van der Waals surface area contributed by atoms with Gasteiger partial charge < -0.3 is 16.0 Å². The number of sulfonamides is 1. The van der Waals surface area contributed by atoms with Gasteiger partial charge in [0.05, 0.1) is 10.8 Å². The summed E-state index contributed by atoms with van der Waals surface area (Å²) < 4.78 is 25.5. The molecule has 0 spiro atoms. The predicted octanol–water partition coefficient (Wildman–Crippen LogP) is 0.831. The highest BCUT2D eigenvalue weighted by molar-refractivity contribution is 7.89. The summed E-state index contributed by atoms with van der Waals surface area (Å²) in [7, 11) is -0.537. The van der Waals surface area contributed by atoms with Gasteiger partial charge in [0.15, 0.2) is 5.11 Å². The third kappa shape index (κ3) is 4.22. The first-order valence-electron chi connectivity index (χ1n) is 7.59. The zero-order chi connectivity index (χ0) is 17.9. The second kappa shape index (κ2) is 7.45. The Balaban J connectivity index is 2.11. The molecule has 1 unspecified atom stereocenters. The first kappa shape index (κ1) is 18.6. The van der Waals surface area contributed by atoms with Crippen molar-refractivity contribution in [2.45, 2.75) is 17.7 Å². The minimum Gasteiger partial charge on any atom is -0.369 e. The number of thiocarbonyl (C=S) groups is 1. The van der Waals surface area contributed by atoms with Gasteiger partial charge in [-0.05, 0) is 43.3 Å². The number of rotatable bonds is 4. The highest BCUT2D eigenvalue weighted by atomic mass is 32.2. The molecule has 132 valence electrons. The van der Waals surface area contributed by atoms with Crippen LogP contribution in [-0.2, 0) is 14.8 Å². The Labute approximate surface area is 147 Å². The molecule has 3 N–H and O–H groups in total. The lowest BCUT2D eigenvalue weighted by molar-refractivity contribution is -0.122. The molecule has 1 atom stereocenters. The second-order valence-corrected chi connectivity index (χ2v) is 8.47. The molecule has 0 radical (unpaired) electrons. The number of primary amides is 1. The van der Waals surface area contributed by atoms with Gasteiger partial charge in [-0.2, -0.15) is 0 Å². The molecule has 1 aromatic carbocycles. The number of likely N-dealkylation sites (tertiary alicyclic amines) is 1. The summed E-state index contributed by atoms with van der Waals surface area (Å²) in [6, 6.07) is 6.48. The lowest BCUT2D eigenvalue weighted by atomic mass is 9.98. The average Bonchev–Trinajstić information content (AvgIpc) is 2.55. The van der Waals surface area contributed by atoms with E-state index in [2.05, 4.69) is 5.32 Å². The van der Waals surface area contributed by atoms with Crippen molar-refractivity contribution in [3.8, 4) is 0 Å². The number of nitrogens with one attached hydrogen (secondary N) is 1. The summed E-state index contributed by atoms with van der Waals surface area (Å²) in [5.74, 6) is -0.527. The van der Waals surface area contributed by atoms with Crippen molar-refractivity contribution in [1.82, 2.24) is 9.21 Å². The summed E-state index contributed by atoms with van der Waals surface area (Å²) in [5.41, 5.74) is 5.96. The molecule has 1 saturated heterocycles. The van der Waals surface area contributed by atoms with Crippen LogP contribution in [0.1, 0.15) is 12.8 Å². The molecule has 1 heterocycles. The fraction of sp³-hybridized carbons (Fsp3) is 0.467. The third-order valence-corrected chi connectivity index (χ3v) is 6.15. The van der Waals surface area contributed by atoms with E-state index in [-0.39, 0.29) is 16.7 Å². The van der Waals surface area contributed by atoms with Gasteiger partial charge in [0.2, 0.25) is 15.9 Å². The van der Waals surface area contributed by atoms with E-state index in [1.54, 1.807) is 12.1 Å². The van der Waals surface area contributed by atoms with Crippen LogP contribution in [0.15, 0.2) is 29.2 Å². The van der Waals surface area contributed by atoms with Gasteiger partial charge in [0.25, 0.3) is 0 Å². The molecular weight excluding hydrogens is 348 g/mol. The van der Waals surface area contributed by atoms with Gasteiger partial charge in [-0.3, -0.25) is 4.79 Å². The highest BCUT2D eigenvalue weighted by Gasteiger charge is 2.25. The van der Waals surface area contributed by atoms with E-state index in [1.807, 2.05) is 4.90 Å². The van der Waals surface area contributed by atoms with Crippen LogP contribution in [0, 0.1) is 5.92 Å². The number of piperidine rings is 1. The summed E-state index contributed by atoms with van der Waals surface area (Å²) in [6.45, 7) is 1.22. The fourth-order valence-electron chi connectivity index (χ4n) is 2.54. The van der Waals surface area contributed by atoms with E-state index >= 15 is 0 Å². The molecule has 1 aliphatic heterocycles. The molecule has 1 amide bonds. The number of nitrogens with two attached hydrogens (primary N) is 1. The zero-order valence-corrected chi connectivity index (χ0v) is 15.4. The normalized spacial score (nSPS) is 18.5. The maximum Gasteiger partial charge on any atom is 0.242 e. The molecule has 2 rings (SSSR count). The summed E-state index contributed by atoms with van der Waals surface area (Å²) in [4.78, 5) is 13.4. The van der Waals surface area contributed by atoms with Crippen LogP contribution >= 0.6 is 12.2 Å². The van der Waals surface area contributed by atoms with Gasteiger partial charge >= 0.3 is 0 Å². The standard InChI is InChI=1S/C15H22N4O3S2/c1-18(2)24(21,22)13-7-3-6-12(9-13)17-15(23)19-8-4-5-11(10-19)14(16)20/h3,6-7,9,11H,4-5,8,10H2,1-2H3,(H2,16,20)(H,17,23). The number of anilines is 1. The molecule has 0 aromatic heterocycles.